The molecule has 110 valence electrons. The minimum Gasteiger partial charge on any atom is -0.288 e. The number of nitrogens with zero attached hydrogens (tertiary/aromatic N) is 1. The molecule has 2 bridgehead atoms. The fourth-order valence-electron chi connectivity index (χ4n) is 4.80. The molecule has 0 spiro atoms. The van der Waals surface area contributed by atoms with Gasteiger partial charge in [0.2, 0.25) is 0 Å². The summed E-state index contributed by atoms with van der Waals surface area (Å²) in [5.74, 6) is 1.59. The van der Waals surface area contributed by atoms with Gasteiger partial charge in [-0.25, -0.2) is 0 Å². The quantitative estimate of drug-likeness (QED) is 0.523. The van der Waals surface area contributed by atoms with Crippen molar-refractivity contribution in [1.29, 1.82) is 0 Å². The van der Waals surface area contributed by atoms with E-state index in [1.165, 1.54) is 56.9 Å². The van der Waals surface area contributed by atoms with Gasteiger partial charge in [-0.15, -0.1) is 0 Å². The topological polar surface area (TPSA) is 12.4 Å². The Hall–Kier alpha value is -1.37. The third-order valence-corrected chi connectivity index (χ3v) is 5.77. The van der Waals surface area contributed by atoms with Crippen molar-refractivity contribution in [1.82, 2.24) is 0 Å². The van der Waals surface area contributed by atoms with Crippen molar-refractivity contribution >= 4 is 6.21 Å². The molecule has 1 heteroatoms. The van der Waals surface area contributed by atoms with Gasteiger partial charge in [-0.05, 0) is 56.4 Å². The average molecular weight is 279 g/mol. The van der Waals surface area contributed by atoms with Crippen LogP contribution in [0.5, 0.6) is 0 Å². The van der Waals surface area contributed by atoms with E-state index in [0.29, 0.717) is 6.04 Å². The van der Waals surface area contributed by atoms with Crippen molar-refractivity contribution in [2.45, 2.75) is 57.4 Å². The Kier molecular flexibility index (Phi) is 3.67. The van der Waals surface area contributed by atoms with Crippen LogP contribution in [0.15, 0.2) is 46.5 Å². The standard InChI is InChI=1S/C20H25N/c1-2-7-15(8-3-1)14-21-20-17-10-6-12-19(20)18-11-5-4-9-16(18)13-17/h1-3,7-8,14,17,19-20H,4-6,9-13H2/t17-,19+,20-/m0/s1. The van der Waals surface area contributed by atoms with E-state index in [1.807, 2.05) is 11.1 Å². The van der Waals surface area contributed by atoms with Crippen LogP contribution in [0.2, 0.25) is 0 Å². The van der Waals surface area contributed by atoms with E-state index in [2.05, 4.69) is 36.5 Å². The molecule has 0 heterocycles. The number of rotatable bonds is 2. The molecule has 0 aromatic heterocycles. The Morgan fingerprint density at radius 1 is 0.952 bits per heavy atom. The molecule has 0 saturated heterocycles. The molecule has 1 aromatic rings. The van der Waals surface area contributed by atoms with Gasteiger partial charge in [-0.1, -0.05) is 47.9 Å². The van der Waals surface area contributed by atoms with Gasteiger partial charge in [0, 0.05) is 12.1 Å². The van der Waals surface area contributed by atoms with Gasteiger partial charge in [-0.2, -0.15) is 0 Å². The predicted molar refractivity (Wildman–Crippen MR) is 88.8 cm³/mol. The van der Waals surface area contributed by atoms with Gasteiger partial charge in [-0.3, -0.25) is 4.99 Å². The third-order valence-electron chi connectivity index (χ3n) is 5.77. The maximum atomic E-state index is 5.07. The molecule has 1 nitrogen and oxygen atoms in total. The minimum atomic E-state index is 0.566. The van der Waals surface area contributed by atoms with Crippen molar-refractivity contribution < 1.29 is 0 Å². The molecule has 0 radical (unpaired) electrons. The summed E-state index contributed by atoms with van der Waals surface area (Å²) in [7, 11) is 0. The van der Waals surface area contributed by atoms with Crippen LogP contribution in [0.3, 0.4) is 0 Å². The van der Waals surface area contributed by atoms with Crippen molar-refractivity contribution in [3.63, 3.8) is 0 Å². The van der Waals surface area contributed by atoms with Crippen molar-refractivity contribution in [2.75, 3.05) is 0 Å². The minimum absolute atomic E-state index is 0.566. The van der Waals surface area contributed by atoms with Gasteiger partial charge in [0.05, 0.1) is 6.04 Å². The van der Waals surface area contributed by atoms with Crippen LogP contribution >= 0.6 is 0 Å². The molecule has 1 fully saturated rings. The molecule has 1 saturated carbocycles. The average Bonchev–Trinajstić information content (AvgIpc) is 2.54. The smallest absolute Gasteiger partial charge is 0.0596 e. The Labute approximate surface area is 128 Å². The largest absolute Gasteiger partial charge is 0.288 e. The first-order valence-corrected chi connectivity index (χ1v) is 8.71. The molecule has 4 rings (SSSR count). The van der Waals surface area contributed by atoms with Gasteiger partial charge in [0.25, 0.3) is 0 Å². The second-order valence-electron chi connectivity index (χ2n) is 7.02. The first kappa shape index (κ1) is 13.3. The van der Waals surface area contributed by atoms with Crippen LogP contribution in [0.25, 0.3) is 0 Å². The maximum absolute atomic E-state index is 5.07. The van der Waals surface area contributed by atoms with Crippen molar-refractivity contribution in [3.05, 3.63) is 47.0 Å². The summed E-state index contributed by atoms with van der Waals surface area (Å²) in [5.41, 5.74) is 4.91. The Morgan fingerprint density at radius 2 is 1.81 bits per heavy atom. The van der Waals surface area contributed by atoms with E-state index in [1.54, 1.807) is 0 Å². The van der Waals surface area contributed by atoms with Crippen LogP contribution in [-0.4, -0.2) is 12.3 Å². The molecule has 21 heavy (non-hydrogen) atoms. The summed E-state index contributed by atoms with van der Waals surface area (Å²) in [6.45, 7) is 0. The Balaban J connectivity index is 1.60. The third kappa shape index (κ3) is 2.59. The number of fused-ring (bicyclic) bond motifs is 3. The normalized spacial score (nSPS) is 32.3. The molecule has 3 atom stereocenters. The van der Waals surface area contributed by atoms with Crippen LogP contribution in [0, 0.1) is 11.8 Å². The van der Waals surface area contributed by atoms with Crippen molar-refractivity contribution in [2.24, 2.45) is 16.8 Å². The molecule has 3 aliphatic rings. The number of allylic oxidation sites excluding steroid dienone is 1. The zero-order chi connectivity index (χ0) is 14.1. The Bertz CT molecular complexity index is 554. The lowest BCUT2D eigenvalue weighted by atomic mass is 9.63. The molecule has 1 aromatic carbocycles. The second kappa shape index (κ2) is 5.79. The highest BCUT2D eigenvalue weighted by Crippen LogP contribution is 2.49. The van der Waals surface area contributed by atoms with Gasteiger partial charge in [0.15, 0.2) is 0 Å². The van der Waals surface area contributed by atoms with Crippen LogP contribution in [0.1, 0.15) is 56.9 Å². The highest BCUT2D eigenvalue weighted by atomic mass is 14.8. The second-order valence-corrected chi connectivity index (χ2v) is 7.02. The molecular weight excluding hydrogens is 254 g/mol. The van der Waals surface area contributed by atoms with E-state index in [0.717, 1.165) is 11.8 Å². The summed E-state index contributed by atoms with van der Waals surface area (Å²) < 4.78 is 0. The monoisotopic (exact) mass is 279 g/mol. The highest BCUT2D eigenvalue weighted by Gasteiger charge is 2.40. The van der Waals surface area contributed by atoms with Crippen LogP contribution in [0.4, 0.5) is 0 Å². The highest BCUT2D eigenvalue weighted by molar-refractivity contribution is 5.79. The zero-order valence-corrected chi connectivity index (χ0v) is 12.8. The summed E-state index contributed by atoms with van der Waals surface area (Å²) in [6.07, 6.45) is 13.3. The molecule has 3 aliphatic carbocycles. The molecular formula is C20H25N. The zero-order valence-electron chi connectivity index (χ0n) is 12.8. The fourth-order valence-corrected chi connectivity index (χ4v) is 4.80. The number of hydrogen-bond donors (Lipinski definition) is 0. The van der Waals surface area contributed by atoms with E-state index in [4.69, 9.17) is 4.99 Å². The molecule has 0 amide bonds. The van der Waals surface area contributed by atoms with E-state index in [9.17, 15) is 0 Å². The SMILES string of the molecule is C(=N[C@H]1[C@H]2CCC[C@@H]1C1=C(CCCC1)C2)c1ccccc1. The summed E-state index contributed by atoms with van der Waals surface area (Å²) >= 11 is 0. The number of benzene rings is 1. The van der Waals surface area contributed by atoms with Crippen molar-refractivity contribution in [3.8, 4) is 0 Å². The maximum Gasteiger partial charge on any atom is 0.0596 e. The molecule has 0 aliphatic heterocycles. The van der Waals surface area contributed by atoms with Gasteiger partial charge < -0.3 is 0 Å². The predicted octanol–water partition coefficient (Wildman–Crippen LogP) is 5.16. The summed E-state index contributed by atoms with van der Waals surface area (Å²) in [5, 5.41) is 0. The Morgan fingerprint density at radius 3 is 2.71 bits per heavy atom. The summed E-state index contributed by atoms with van der Waals surface area (Å²) in [6, 6.07) is 11.2. The van der Waals surface area contributed by atoms with E-state index in [-0.39, 0.29) is 0 Å². The van der Waals surface area contributed by atoms with Gasteiger partial charge in [0.1, 0.15) is 0 Å². The molecule has 0 unspecified atom stereocenters. The van der Waals surface area contributed by atoms with E-state index < -0.39 is 0 Å². The lowest BCUT2D eigenvalue weighted by Crippen LogP contribution is -2.38. The number of hydrogen-bond acceptors (Lipinski definition) is 1. The molecule has 0 N–H and O–H groups in total. The van der Waals surface area contributed by atoms with Gasteiger partial charge >= 0.3 is 0 Å². The summed E-state index contributed by atoms with van der Waals surface area (Å²) in [4.78, 5) is 5.07. The number of aliphatic imine (C=N–C) groups is 1. The van der Waals surface area contributed by atoms with Crippen LogP contribution in [-0.2, 0) is 0 Å². The van der Waals surface area contributed by atoms with E-state index >= 15 is 0 Å². The lowest BCUT2D eigenvalue weighted by Gasteiger charge is -2.44. The first-order chi connectivity index (χ1) is 10.4. The lowest BCUT2D eigenvalue weighted by molar-refractivity contribution is 0.215. The fraction of sp³-hybridized carbons (Fsp3) is 0.550. The van der Waals surface area contributed by atoms with Crippen LogP contribution < -0.4 is 0 Å². The first-order valence-electron chi connectivity index (χ1n) is 8.71.